The number of nitrogens with one attached hydrogen (secondary N) is 2. The smallest absolute Gasteiger partial charge is 0.239 e. The third-order valence-corrected chi connectivity index (χ3v) is 6.35. The van der Waals surface area contributed by atoms with Crippen LogP contribution in [0.1, 0.15) is 29.3 Å². The summed E-state index contributed by atoms with van der Waals surface area (Å²) >= 11 is 7.54. The molecule has 29 heavy (non-hydrogen) atoms. The van der Waals surface area contributed by atoms with Crippen molar-refractivity contribution in [2.24, 2.45) is 5.92 Å². The Kier molecular flexibility index (Phi) is 6.91. The highest BCUT2D eigenvalue weighted by atomic mass is 35.5. The lowest BCUT2D eigenvalue weighted by molar-refractivity contribution is -0.119. The molecule has 2 aromatic rings. The lowest BCUT2D eigenvalue weighted by Crippen LogP contribution is -2.36. The summed E-state index contributed by atoms with van der Waals surface area (Å²) in [5.74, 6) is 0.0897. The molecule has 8 heteroatoms. The zero-order chi connectivity index (χ0) is 21.0. The van der Waals surface area contributed by atoms with Crippen LogP contribution in [0.2, 0.25) is 5.02 Å². The number of likely N-dealkylation sites (N-methyl/N-ethyl adjacent to an activating group) is 1. The predicted octanol–water partition coefficient (Wildman–Crippen LogP) is 3.91. The molecule has 6 nitrogen and oxygen atoms in total. The van der Waals surface area contributed by atoms with E-state index in [9.17, 15) is 14.9 Å². The summed E-state index contributed by atoms with van der Waals surface area (Å²) in [4.78, 5) is 27.5. The van der Waals surface area contributed by atoms with Crippen LogP contribution in [0.4, 0.5) is 10.7 Å². The first-order valence-electron chi connectivity index (χ1n) is 9.44. The summed E-state index contributed by atoms with van der Waals surface area (Å²) in [7, 11) is 1.69. The molecule has 0 spiro atoms. The van der Waals surface area contributed by atoms with Gasteiger partial charge in [-0.2, -0.15) is 5.26 Å². The first-order valence-corrected chi connectivity index (χ1v) is 10.6. The van der Waals surface area contributed by atoms with Gasteiger partial charge in [-0.3, -0.25) is 14.5 Å². The minimum absolute atomic E-state index is 0.0414. The van der Waals surface area contributed by atoms with Crippen LogP contribution in [0, 0.1) is 17.2 Å². The lowest BCUT2D eigenvalue weighted by Gasteiger charge is -2.17. The molecule has 1 atom stereocenters. The Morgan fingerprint density at radius 3 is 2.66 bits per heavy atom. The van der Waals surface area contributed by atoms with Gasteiger partial charge in [-0.25, -0.2) is 0 Å². The molecule has 152 valence electrons. The zero-order valence-corrected chi connectivity index (χ0v) is 18.0. The van der Waals surface area contributed by atoms with E-state index in [-0.39, 0.29) is 24.9 Å². The van der Waals surface area contributed by atoms with Crippen LogP contribution in [0.25, 0.3) is 0 Å². The van der Waals surface area contributed by atoms with Crippen LogP contribution in [0.3, 0.4) is 0 Å². The number of carbonyl (C=O) groups is 2. The van der Waals surface area contributed by atoms with Crippen molar-refractivity contribution < 1.29 is 9.59 Å². The summed E-state index contributed by atoms with van der Waals surface area (Å²) in [5, 5.41) is 16.2. The number of anilines is 2. The number of halogens is 1. The second kappa shape index (κ2) is 9.40. The van der Waals surface area contributed by atoms with E-state index in [0.29, 0.717) is 27.2 Å². The van der Waals surface area contributed by atoms with Crippen molar-refractivity contribution in [1.29, 1.82) is 5.26 Å². The molecule has 1 aromatic heterocycles. The first kappa shape index (κ1) is 21.3. The molecule has 0 radical (unpaired) electrons. The molecule has 1 aliphatic rings. The molecule has 1 aromatic carbocycles. The van der Waals surface area contributed by atoms with Crippen molar-refractivity contribution in [2.45, 2.75) is 26.2 Å². The maximum Gasteiger partial charge on any atom is 0.239 e. The van der Waals surface area contributed by atoms with Crippen LogP contribution in [0.15, 0.2) is 24.3 Å². The molecule has 0 fully saturated rings. The second-order valence-electron chi connectivity index (χ2n) is 7.42. The number of hydrogen-bond donors (Lipinski definition) is 2. The van der Waals surface area contributed by atoms with Crippen molar-refractivity contribution in [1.82, 2.24) is 4.90 Å². The van der Waals surface area contributed by atoms with E-state index in [1.807, 2.05) is 0 Å². The van der Waals surface area contributed by atoms with Crippen LogP contribution in [-0.2, 0) is 22.4 Å². The van der Waals surface area contributed by atoms with E-state index in [0.717, 1.165) is 24.8 Å². The van der Waals surface area contributed by atoms with Gasteiger partial charge >= 0.3 is 0 Å². The van der Waals surface area contributed by atoms with E-state index in [1.54, 1.807) is 36.2 Å². The van der Waals surface area contributed by atoms with E-state index < -0.39 is 0 Å². The van der Waals surface area contributed by atoms with Gasteiger partial charge in [0.15, 0.2) is 0 Å². The van der Waals surface area contributed by atoms with Gasteiger partial charge < -0.3 is 10.6 Å². The molecule has 3 rings (SSSR count). The molecule has 1 aliphatic carbocycles. The van der Waals surface area contributed by atoms with E-state index >= 15 is 0 Å². The fourth-order valence-electron chi connectivity index (χ4n) is 3.42. The summed E-state index contributed by atoms with van der Waals surface area (Å²) in [5.41, 5.74) is 2.21. The largest absolute Gasteiger partial charge is 0.324 e. The van der Waals surface area contributed by atoms with Gasteiger partial charge in [0.2, 0.25) is 11.8 Å². The average molecular weight is 431 g/mol. The zero-order valence-electron chi connectivity index (χ0n) is 16.4. The number of amides is 2. The lowest BCUT2D eigenvalue weighted by atomic mass is 9.89. The second-order valence-corrected chi connectivity index (χ2v) is 8.93. The van der Waals surface area contributed by atoms with Crippen molar-refractivity contribution >= 4 is 45.4 Å². The molecule has 0 saturated heterocycles. The Balaban J connectivity index is 1.56. The van der Waals surface area contributed by atoms with Gasteiger partial charge in [0, 0.05) is 4.88 Å². The van der Waals surface area contributed by atoms with Gasteiger partial charge in [0.1, 0.15) is 11.1 Å². The van der Waals surface area contributed by atoms with E-state index in [2.05, 4.69) is 23.6 Å². The molecule has 1 heterocycles. The third kappa shape index (κ3) is 5.36. The van der Waals surface area contributed by atoms with Gasteiger partial charge in [-0.05, 0) is 49.9 Å². The van der Waals surface area contributed by atoms with Gasteiger partial charge in [-0.15, -0.1) is 11.3 Å². The Bertz CT molecular complexity index is 966. The van der Waals surface area contributed by atoms with Gasteiger partial charge in [0.25, 0.3) is 0 Å². The number of nitriles is 1. The van der Waals surface area contributed by atoms with Crippen LogP contribution in [-0.4, -0.2) is 36.9 Å². The molecule has 1 unspecified atom stereocenters. The van der Waals surface area contributed by atoms with E-state index in [4.69, 9.17) is 11.6 Å². The summed E-state index contributed by atoms with van der Waals surface area (Å²) in [6, 6.07) is 9.23. The van der Waals surface area contributed by atoms with Crippen molar-refractivity contribution in [3.63, 3.8) is 0 Å². The molecule has 2 amide bonds. The highest BCUT2D eigenvalue weighted by Crippen LogP contribution is 2.39. The minimum Gasteiger partial charge on any atom is -0.324 e. The average Bonchev–Trinajstić information content (AvgIpc) is 2.98. The number of rotatable bonds is 6. The minimum atomic E-state index is -0.258. The molecule has 0 saturated carbocycles. The predicted molar refractivity (Wildman–Crippen MR) is 116 cm³/mol. The maximum atomic E-state index is 12.5. The Morgan fingerprint density at radius 1 is 1.28 bits per heavy atom. The van der Waals surface area contributed by atoms with Crippen LogP contribution < -0.4 is 10.6 Å². The molecular formula is C21H23ClN4O2S. The number of hydrogen-bond acceptors (Lipinski definition) is 5. The monoisotopic (exact) mass is 430 g/mol. The fraction of sp³-hybridized carbons (Fsp3) is 0.381. The van der Waals surface area contributed by atoms with E-state index in [1.165, 1.54) is 16.2 Å². The first-order chi connectivity index (χ1) is 13.9. The number of benzene rings is 1. The summed E-state index contributed by atoms with van der Waals surface area (Å²) in [6.45, 7) is 2.29. The van der Waals surface area contributed by atoms with Crippen molar-refractivity contribution in [2.75, 3.05) is 30.8 Å². The fourth-order valence-corrected chi connectivity index (χ4v) is 4.98. The molecular weight excluding hydrogens is 408 g/mol. The van der Waals surface area contributed by atoms with Crippen molar-refractivity contribution in [3.05, 3.63) is 45.3 Å². The normalized spacial score (nSPS) is 15.5. The number of carbonyl (C=O) groups excluding carboxylic acids is 2. The summed E-state index contributed by atoms with van der Waals surface area (Å²) in [6.07, 6.45) is 2.90. The number of thiophene rings is 1. The highest BCUT2D eigenvalue weighted by Gasteiger charge is 2.25. The number of nitrogens with zero attached hydrogens (tertiary/aromatic N) is 2. The highest BCUT2D eigenvalue weighted by molar-refractivity contribution is 7.16. The van der Waals surface area contributed by atoms with Gasteiger partial charge in [-0.1, -0.05) is 30.7 Å². The topological polar surface area (TPSA) is 85.2 Å². The maximum absolute atomic E-state index is 12.5. The SMILES string of the molecule is CC1CCc2c(sc(NC(=O)CN(C)CC(=O)Nc3ccccc3Cl)c2C#N)C1. The standard InChI is InChI=1S/C21H23ClN4O2S/c1-13-7-8-14-15(10-23)21(29-18(14)9-13)25-20(28)12-26(2)11-19(27)24-17-6-4-3-5-16(17)22/h3-6,13H,7-9,11-12H2,1-2H3,(H,24,27)(H,25,28). The van der Waals surface area contributed by atoms with Gasteiger partial charge in [0.05, 0.1) is 29.4 Å². The van der Waals surface area contributed by atoms with Crippen LogP contribution >= 0.6 is 22.9 Å². The molecule has 0 aliphatic heterocycles. The molecule has 2 N–H and O–H groups in total. The quantitative estimate of drug-likeness (QED) is 0.727. The third-order valence-electron chi connectivity index (χ3n) is 4.85. The number of para-hydroxylation sites is 1. The Hall–Kier alpha value is -2.40. The molecule has 0 bridgehead atoms. The Morgan fingerprint density at radius 2 is 1.97 bits per heavy atom. The number of fused-ring (bicyclic) bond motifs is 1. The Labute approximate surface area is 179 Å². The van der Waals surface area contributed by atoms with Crippen molar-refractivity contribution in [3.8, 4) is 6.07 Å². The summed E-state index contributed by atoms with van der Waals surface area (Å²) < 4.78 is 0. The van der Waals surface area contributed by atoms with Crippen LogP contribution in [0.5, 0.6) is 0 Å².